The predicted octanol–water partition coefficient (Wildman–Crippen LogP) is 3.12. The Hall–Kier alpha value is -3.25. The topological polar surface area (TPSA) is 79.4 Å². The van der Waals surface area contributed by atoms with Crippen molar-refractivity contribution in [1.29, 1.82) is 0 Å². The van der Waals surface area contributed by atoms with E-state index in [4.69, 9.17) is 11.6 Å². The normalized spacial score (nSPS) is 13.2. The molecule has 0 saturated heterocycles. The molecule has 4 rings (SSSR count). The van der Waals surface area contributed by atoms with Gasteiger partial charge in [-0.2, -0.15) is 0 Å². The second-order valence-corrected chi connectivity index (χ2v) is 6.25. The van der Waals surface area contributed by atoms with Crippen LogP contribution in [-0.2, 0) is 4.79 Å². The zero-order chi connectivity index (χ0) is 18.3. The lowest BCUT2D eigenvalue weighted by Crippen LogP contribution is -2.37. The molecule has 6 nitrogen and oxygen atoms in total. The Labute approximate surface area is 153 Å². The number of rotatable bonds is 3. The zero-order valence-corrected chi connectivity index (χ0v) is 14.2. The average molecular weight is 366 g/mol. The fourth-order valence-corrected chi connectivity index (χ4v) is 3.12. The van der Waals surface area contributed by atoms with Crippen molar-refractivity contribution in [2.24, 2.45) is 0 Å². The highest BCUT2D eigenvalue weighted by Crippen LogP contribution is 2.26. The van der Waals surface area contributed by atoms with Crippen molar-refractivity contribution in [2.75, 3.05) is 11.9 Å². The molecule has 1 aliphatic heterocycles. The van der Waals surface area contributed by atoms with E-state index in [1.165, 1.54) is 18.2 Å². The van der Waals surface area contributed by atoms with Crippen molar-refractivity contribution in [3.05, 3.63) is 70.9 Å². The minimum absolute atomic E-state index is 0.210. The summed E-state index contributed by atoms with van der Waals surface area (Å²) in [6.07, 6.45) is 1.63. The zero-order valence-electron chi connectivity index (χ0n) is 13.4. The number of hydrogen-bond acceptors (Lipinski definition) is 4. The smallest absolute Gasteiger partial charge is 0.262 e. The minimum atomic E-state index is -0.529. The Bertz CT molecular complexity index is 1080. The van der Waals surface area contributed by atoms with Crippen LogP contribution >= 0.6 is 11.6 Å². The van der Waals surface area contributed by atoms with Gasteiger partial charge in [-0.1, -0.05) is 29.8 Å². The van der Waals surface area contributed by atoms with Crippen LogP contribution in [0.5, 0.6) is 0 Å². The number of carbonyl (C=O) groups is 3. The molecule has 0 spiro atoms. The van der Waals surface area contributed by atoms with Gasteiger partial charge in [-0.3, -0.25) is 24.3 Å². The van der Waals surface area contributed by atoms with Crippen LogP contribution in [0.4, 0.5) is 5.69 Å². The second-order valence-electron chi connectivity index (χ2n) is 5.82. The van der Waals surface area contributed by atoms with E-state index in [0.29, 0.717) is 16.2 Å². The van der Waals surface area contributed by atoms with E-state index in [1.54, 1.807) is 24.4 Å². The molecule has 3 aromatic rings. The molecular weight excluding hydrogens is 354 g/mol. The van der Waals surface area contributed by atoms with Crippen LogP contribution in [0.15, 0.2) is 54.7 Å². The number of fused-ring (bicyclic) bond motifs is 2. The van der Waals surface area contributed by atoms with E-state index >= 15 is 0 Å². The molecular formula is C19H12ClN3O3. The van der Waals surface area contributed by atoms with E-state index in [1.807, 2.05) is 12.1 Å². The first-order chi connectivity index (χ1) is 12.5. The maximum atomic E-state index is 12.4. The maximum absolute atomic E-state index is 12.4. The largest absolute Gasteiger partial charge is 0.323 e. The average Bonchev–Trinajstić information content (AvgIpc) is 2.86. The van der Waals surface area contributed by atoms with Crippen molar-refractivity contribution >= 4 is 45.9 Å². The number of halogens is 1. The molecule has 7 heteroatoms. The van der Waals surface area contributed by atoms with Crippen LogP contribution < -0.4 is 5.32 Å². The molecule has 26 heavy (non-hydrogen) atoms. The third kappa shape index (κ3) is 2.70. The number of pyridine rings is 1. The second kappa shape index (κ2) is 6.24. The highest BCUT2D eigenvalue weighted by atomic mass is 35.5. The fraction of sp³-hybridized carbons (Fsp3) is 0.0526. The first-order valence-electron chi connectivity index (χ1n) is 7.84. The van der Waals surface area contributed by atoms with Crippen LogP contribution in [0.1, 0.15) is 20.7 Å². The number of imide groups is 1. The number of benzene rings is 2. The molecule has 2 aromatic carbocycles. The van der Waals surface area contributed by atoms with E-state index in [9.17, 15) is 14.4 Å². The fourth-order valence-electron chi connectivity index (χ4n) is 2.94. The molecule has 2 heterocycles. The van der Waals surface area contributed by atoms with Gasteiger partial charge in [0.1, 0.15) is 6.54 Å². The van der Waals surface area contributed by atoms with Crippen LogP contribution in [0, 0.1) is 0 Å². The van der Waals surface area contributed by atoms with E-state index < -0.39 is 17.7 Å². The van der Waals surface area contributed by atoms with Crippen LogP contribution in [0.2, 0.25) is 5.02 Å². The van der Waals surface area contributed by atoms with Crippen molar-refractivity contribution < 1.29 is 14.4 Å². The first-order valence-corrected chi connectivity index (χ1v) is 8.22. The molecule has 0 fully saturated rings. The summed E-state index contributed by atoms with van der Waals surface area (Å²) in [6, 6.07) is 13.5. The third-order valence-electron chi connectivity index (χ3n) is 4.14. The number of aromatic nitrogens is 1. The summed E-state index contributed by atoms with van der Waals surface area (Å²) in [4.78, 5) is 42.4. The molecule has 0 aliphatic carbocycles. The van der Waals surface area contributed by atoms with Gasteiger partial charge in [0.05, 0.1) is 22.3 Å². The minimum Gasteiger partial charge on any atom is -0.323 e. The van der Waals surface area contributed by atoms with Gasteiger partial charge < -0.3 is 5.32 Å². The lowest BCUT2D eigenvalue weighted by Gasteiger charge is -2.14. The van der Waals surface area contributed by atoms with Crippen LogP contribution in [0.3, 0.4) is 0 Å². The summed E-state index contributed by atoms with van der Waals surface area (Å²) >= 11 is 5.88. The highest BCUT2D eigenvalue weighted by Gasteiger charge is 2.36. The van der Waals surface area contributed by atoms with Crippen molar-refractivity contribution in [2.45, 2.75) is 0 Å². The van der Waals surface area contributed by atoms with Gasteiger partial charge in [0.15, 0.2) is 0 Å². The molecule has 1 aromatic heterocycles. The van der Waals surface area contributed by atoms with Crippen LogP contribution in [0.25, 0.3) is 10.9 Å². The molecule has 0 bridgehead atoms. The van der Waals surface area contributed by atoms with E-state index in [2.05, 4.69) is 10.3 Å². The summed E-state index contributed by atoms with van der Waals surface area (Å²) in [5.74, 6) is -1.52. The predicted molar refractivity (Wildman–Crippen MR) is 97.2 cm³/mol. The van der Waals surface area contributed by atoms with Gasteiger partial charge in [0.2, 0.25) is 5.91 Å². The van der Waals surface area contributed by atoms with Crippen molar-refractivity contribution in [3.63, 3.8) is 0 Å². The van der Waals surface area contributed by atoms with Gasteiger partial charge in [0.25, 0.3) is 11.8 Å². The molecule has 0 radical (unpaired) electrons. The maximum Gasteiger partial charge on any atom is 0.262 e. The first kappa shape index (κ1) is 16.2. The van der Waals surface area contributed by atoms with E-state index in [-0.39, 0.29) is 17.7 Å². The number of para-hydroxylation sites is 1. The summed E-state index contributed by atoms with van der Waals surface area (Å²) in [5, 5.41) is 3.95. The molecule has 1 N–H and O–H groups in total. The van der Waals surface area contributed by atoms with Crippen molar-refractivity contribution in [1.82, 2.24) is 9.88 Å². The number of nitrogens with one attached hydrogen (secondary N) is 1. The van der Waals surface area contributed by atoms with Gasteiger partial charge in [-0.25, -0.2) is 0 Å². The number of hydrogen-bond donors (Lipinski definition) is 1. The van der Waals surface area contributed by atoms with Crippen LogP contribution in [-0.4, -0.2) is 34.2 Å². The van der Waals surface area contributed by atoms with Gasteiger partial charge in [0, 0.05) is 16.6 Å². The molecule has 0 unspecified atom stereocenters. The number of amides is 3. The standard InChI is InChI=1S/C19H12ClN3O3/c20-12-6-7-13-14(9-12)19(26)23(18(13)25)10-16(24)22-15-5-1-3-11-4-2-8-21-17(11)15/h1-9H,10H2,(H,22,24). The SMILES string of the molecule is O=C(CN1C(=O)c2ccc(Cl)cc2C1=O)Nc1cccc2cccnc12. The Morgan fingerprint density at radius 1 is 1.04 bits per heavy atom. The lowest BCUT2D eigenvalue weighted by molar-refractivity contribution is -0.116. The number of anilines is 1. The summed E-state index contributed by atoms with van der Waals surface area (Å²) in [6.45, 7) is -0.382. The quantitative estimate of drug-likeness (QED) is 0.723. The monoisotopic (exact) mass is 365 g/mol. The summed E-state index contributed by atoms with van der Waals surface area (Å²) in [5.41, 5.74) is 1.62. The highest BCUT2D eigenvalue weighted by molar-refractivity contribution is 6.32. The Kier molecular flexibility index (Phi) is 3.89. The Balaban J connectivity index is 1.56. The number of nitrogens with zero attached hydrogens (tertiary/aromatic N) is 2. The van der Waals surface area contributed by atoms with E-state index in [0.717, 1.165) is 10.3 Å². The van der Waals surface area contributed by atoms with Gasteiger partial charge in [-0.05, 0) is 30.3 Å². The summed E-state index contributed by atoms with van der Waals surface area (Å²) < 4.78 is 0. The molecule has 128 valence electrons. The van der Waals surface area contributed by atoms with Gasteiger partial charge in [-0.15, -0.1) is 0 Å². The van der Waals surface area contributed by atoms with Gasteiger partial charge >= 0.3 is 0 Å². The molecule has 3 amide bonds. The lowest BCUT2D eigenvalue weighted by atomic mass is 10.1. The summed E-state index contributed by atoms with van der Waals surface area (Å²) in [7, 11) is 0. The third-order valence-corrected chi connectivity index (χ3v) is 4.38. The Morgan fingerprint density at radius 2 is 1.81 bits per heavy atom. The van der Waals surface area contributed by atoms with Crippen molar-refractivity contribution in [3.8, 4) is 0 Å². The Morgan fingerprint density at radius 3 is 2.65 bits per heavy atom. The molecule has 0 atom stereocenters. The molecule has 0 saturated carbocycles. The molecule has 1 aliphatic rings. The number of carbonyl (C=O) groups excluding carboxylic acids is 3.